The molecule has 7 heteroatoms. The number of halogens is 3. The molecule has 1 saturated carbocycles. The number of nitrogens with one attached hydrogen (secondary N) is 2. The van der Waals surface area contributed by atoms with Gasteiger partial charge in [0.05, 0.1) is 12.1 Å². The largest absolute Gasteiger partial charge is 0.481 e. The van der Waals surface area contributed by atoms with E-state index in [1.54, 1.807) is 0 Å². The van der Waals surface area contributed by atoms with Crippen molar-refractivity contribution in [3.63, 3.8) is 0 Å². The third-order valence-corrected chi connectivity index (χ3v) is 3.88. The first-order valence-corrected chi connectivity index (χ1v) is 8.25. The maximum Gasteiger partial charge on any atom is 0.416 e. The number of alkyl halides is 3. The first-order chi connectivity index (χ1) is 11.9. The molecule has 1 aliphatic rings. The van der Waals surface area contributed by atoms with Gasteiger partial charge in [0, 0.05) is 6.04 Å². The Balaban J connectivity index is 1.66. The average Bonchev–Trinajstić information content (AvgIpc) is 2.58. The minimum Gasteiger partial charge on any atom is -0.481 e. The van der Waals surface area contributed by atoms with Gasteiger partial charge in [0.2, 0.25) is 0 Å². The molecule has 2 N–H and O–H groups in total. The molecule has 0 bridgehead atoms. The summed E-state index contributed by atoms with van der Waals surface area (Å²) >= 11 is 0. The summed E-state index contributed by atoms with van der Waals surface area (Å²) in [7, 11) is 0. The molecule has 1 aromatic rings. The van der Waals surface area contributed by atoms with Crippen LogP contribution in [0.4, 0.5) is 18.0 Å². The maximum atomic E-state index is 12.6. The van der Waals surface area contributed by atoms with E-state index in [0.717, 1.165) is 37.8 Å². The summed E-state index contributed by atoms with van der Waals surface area (Å²) in [6.07, 6.45) is 1.10. The minimum atomic E-state index is -4.40. The molecule has 0 unspecified atom stereocenters. The Morgan fingerprint density at radius 2 is 1.96 bits per heavy atom. The van der Waals surface area contributed by atoms with E-state index >= 15 is 0 Å². The van der Waals surface area contributed by atoms with Crippen LogP contribution in [0, 0.1) is 11.8 Å². The SMILES string of the molecule is O=C(NCC#CCOc1cccc(C(F)(F)F)c1)NC1CCCCC1. The van der Waals surface area contributed by atoms with Crippen molar-refractivity contribution in [3.05, 3.63) is 29.8 Å². The summed E-state index contributed by atoms with van der Waals surface area (Å²) in [6.45, 7) is 0.109. The van der Waals surface area contributed by atoms with Crippen molar-refractivity contribution in [2.24, 2.45) is 0 Å². The molecule has 136 valence electrons. The molecule has 0 radical (unpaired) electrons. The van der Waals surface area contributed by atoms with Crippen LogP contribution >= 0.6 is 0 Å². The van der Waals surface area contributed by atoms with E-state index in [-0.39, 0.29) is 31.0 Å². The lowest BCUT2D eigenvalue weighted by Gasteiger charge is -2.22. The molecule has 0 heterocycles. The van der Waals surface area contributed by atoms with Crippen molar-refractivity contribution in [2.75, 3.05) is 13.2 Å². The topological polar surface area (TPSA) is 50.4 Å². The van der Waals surface area contributed by atoms with Gasteiger partial charge in [-0.3, -0.25) is 0 Å². The van der Waals surface area contributed by atoms with Crippen molar-refractivity contribution in [2.45, 2.75) is 44.3 Å². The Labute approximate surface area is 145 Å². The zero-order chi connectivity index (χ0) is 18.1. The quantitative estimate of drug-likeness (QED) is 0.810. The number of hydrogen-bond acceptors (Lipinski definition) is 2. The van der Waals surface area contributed by atoms with E-state index in [1.807, 2.05) is 0 Å². The van der Waals surface area contributed by atoms with Gasteiger partial charge in [-0.2, -0.15) is 13.2 Å². The third kappa shape index (κ3) is 6.96. The molecule has 2 amide bonds. The summed E-state index contributed by atoms with van der Waals surface area (Å²) < 4.78 is 42.9. The number of urea groups is 1. The van der Waals surface area contributed by atoms with Gasteiger partial charge in [-0.1, -0.05) is 37.2 Å². The lowest BCUT2D eigenvalue weighted by atomic mass is 9.96. The van der Waals surface area contributed by atoms with Crippen molar-refractivity contribution in [1.29, 1.82) is 0 Å². The number of carbonyl (C=O) groups is 1. The van der Waals surface area contributed by atoms with Crippen molar-refractivity contribution < 1.29 is 22.7 Å². The van der Waals surface area contributed by atoms with Gasteiger partial charge in [0.1, 0.15) is 12.4 Å². The van der Waals surface area contributed by atoms with E-state index in [4.69, 9.17) is 4.74 Å². The fraction of sp³-hybridized carbons (Fsp3) is 0.500. The fourth-order valence-electron chi connectivity index (χ4n) is 2.60. The number of carbonyl (C=O) groups excluding carboxylic acids is 1. The molecule has 2 rings (SSSR count). The second-order valence-electron chi connectivity index (χ2n) is 5.83. The molecule has 0 atom stereocenters. The molecule has 0 aliphatic heterocycles. The summed E-state index contributed by atoms with van der Waals surface area (Å²) in [5, 5.41) is 5.53. The Bertz CT molecular complexity index is 629. The van der Waals surface area contributed by atoms with Gasteiger partial charge in [-0.15, -0.1) is 0 Å². The van der Waals surface area contributed by atoms with Crippen molar-refractivity contribution in [1.82, 2.24) is 10.6 Å². The van der Waals surface area contributed by atoms with Gasteiger partial charge in [0.15, 0.2) is 0 Å². The Hall–Kier alpha value is -2.36. The lowest BCUT2D eigenvalue weighted by molar-refractivity contribution is -0.137. The monoisotopic (exact) mass is 354 g/mol. The van der Waals surface area contributed by atoms with E-state index in [0.29, 0.717) is 0 Å². The fourth-order valence-corrected chi connectivity index (χ4v) is 2.60. The molecule has 0 aromatic heterocycles. The summed E-state index contributed by atoms with van der Waals surface area (Å²) in [6, 6.07) is 4.60. The Kier molecular flexibility index (Phi) is 6.99. The normalized spacial score (nSPS) is 15.0. The van der Waals surface area contributed by atoms with Crippen LogP contribution in [0.1, 0.15) is 37.7 Å². The average molecular weight is 354 g/mol. The number of rotatable bonds is 4. The predicted octanol–water partition coefficient (Wildman–Crippen LogP) is 3.72. The number of hydrogen-bond donors (Lipinski definition) is 2. The highest BCUT2D eigenvalue weighted by molar-refractivity contribution is 5.74. The van der Waals surface area contributed by atoms with Crippen LogP contribution in [0.2, 0.25) is 0 Å². The van der Waals surface area contributed by atoms with E-state index in [9.17, 15) is 18.0 Å². The zero-order valence-corrected chi connectivity index (χ0v) is 13.8. The van der Waals surface area contributed by atoms with Crippen molar-refractivity contribution >= 4 is 6.03 Å². The number of amides is 2. The van der Waals surface area contributed by atoms with Gasteiger partial charge < -0.3 is 15.4 Å². The smallest absolute Gasteiger partial charge is 0.416 e. The highest BCUT2D eigenvalue weighted by Crippen LogP contribution is 2.31. The first kappa shape index (κ1) is 19.0. The highest BCUT2D eigenvalue weighted by atomic mass is 19.4. The zero-order valence-electron chi connectivity index (χ0n) is 13.8. The second-order valence-corrected chi connectivity index (χ2v) is 5.83. The Morgan fingerprint density at radius 3 is 2.68 bits per heavy atom. The molecule has 1 aliphatic carbocycles. The van der Waals surface area contributed by atoms with Crippen LogP contribution in [0.15, 0.2) is 24.3 Å². The van der Waals surface area contributed by atoms with Crippen LogP contribution in [-0.4, -0.2) is 25.2 Å². The van der Waals surface area contributed by atoms with Gasteiger partial charge in [0.25, 0.3) is 0 Å². The molecule has 1 aromatic carbocycles. The van der Waals surface area contributed by atoms with Gasteiger partial charge >= 0.3 is 12.2 Å². The van der Waals surface area contributed by atoms with Crippen LogP contribution in [0.3, 0.4) is 0 Å². The summed E-state index contributed by atoms with van der Waals surface area (Å²) in [5.74, 6) is 5.46. The predicted molar refractivity (Wildman–Crippen MR) is 88.1 cm³/mol. The number of benzene rings is 1. The minimum absolute atomic E-state index is 0.0484. The Morgan fingerprint density at radius 1 is 1.20 bits per heavy atom. The summed E-state index contributed by atoms with van der Waals surface area (Å²) in [5.41, 5.74) is -0.765. The van der Waals surface area contributed by atoms with Gasteiger partial charge in [-0.05, 0) is 31.0 Å². The van der Waals surface area contributed by atoms with Crippen LogP contribution < -0.4 is 15.4 Å². The summed E-state index contributed by atoms with van der Waals surface area (Å²) in [4.78, 5) is 11.7. The molecule has 25 heavy (non-hydrogen) atoms. The molecular weight excluding hydrogens is 333 g/mol. The van der Waals surface area contributed by atoms with Crippen molar-refractivity contribution in [3.8, 4) is 17.6 Å². The maximum absolute atomic E-state index is 12.6. The third-order valence-electron chi connectivity index (χ3n) is 3.88. The molecule has 1 fully saturated rings. The molecule has 0 saturated heterocycles. The van der Waals surface area contributed by atoms with Crippen LogP contribution in [0.5, 0.6) is 5.75 Å². The van der Waals surface area contributed by atoms with E-state index in [2.05, 4.69) is 22.5 Å². The lowest BCUT2D eigenvalue weighted by Crippen LogP contribution is -2.42. The van der Waals surface area contributed by atoms with Crippen LogP contribution in [-0.2, 0) is 6.18 Å². The first-order valence-electron chi connectivity index (χ1n) is 8.25. The standard InChI is InChI=1S/C18H21F3N2O2/c19-18(20,21)14-7-6-10-16(13-14)25-12-5-4-11-22-17(24)23-15-8-2-1-3-9-15/h6-7,10,13,15H,1-3,8-9,11-12H2,(H2,22,23,24). The van der Waals surface area contributed by atoms with E-state index < -0.39 is 11.7 Å². The van der Waals surface area contributed by atoms with Crippen LogP contribution in [0.25, 0.3) is 0 Å². The molecular formula is C18H21F3N2O2. The number of ether oxygens (including phenoxy) is 1. The second kappa shape index (κ2) is 9.21. The van der Waals surface area contributed by atoms with Gasteiger partial charge in [-0.25, -0.2) is 4.79 Å². The molecule has 0 spiro atoms. The van der Waals surface area contributed by atoms with E-state index in [1.165, 1.54) is 18.6 Å². The molecule has 4 nitrogen and oxygen atoms in total. The highest BCUT2D eigenvalue weighted by Gasteiger charge is 2.30.